The molecule has 3 aromatic rings. The average Bonchev–Trinajstić information content (AvgIpc) is 3.54. The molecule has 196 valence electrons. The quantitative estimate of drug-likeness (QED) is 0.353. The molecule has 1 aromatic carbocycles. The molecule has 37 heavy (non-hydrogen) atoms. The van der Waals surface area contributed by atoms with E-state index in [2.05, 4.69) is 48.9 Å². The highest BCUT2D eigenvalue weighted by Crippen LogP contribution is 2.40. The van der Waals surface area contributed by atoms with Gasteiger partial charge in [-0.1, -0.05) is 0 Å². The van der Waals surface area contributed by atoms with Gasteiger partial charge in [-0.2, -0.15) is 5.10 Å². The maximum absolute atomic E-state index is 15.0. The van der Waals surface area contributed by atoms with Gasteiger partial charge >= 0.3 is 0 Å². The van der Waals surface area contributed by atoms with Crippen LogP contribution in [-0.4, -0.2) is 77.1 Å². The largest absolute Gasteiger partial charge is 0.468 e. The number of fused-ring (bicyclic) bond motifs is 1. The number of rotatable bonds is 8. The molecular formula is C26H32F2N8O. The molecule has 2 fully saturated rings. The number of amidine groups is 1. The standard InChI is InChI=1S/C26H32F2N8O/c1-16-11-18-25(28)21(12-19(27)26(18)31-16)37-15-30-24(36-9-7-34(3)8-10-36)14-22(29-2)32-23-13-20(17-5-6-17)35(4)33-23/h11-14,17,31H,2,5-10,15H2,1,3-4H3,(H,32,33)/b22-14+,30-24+. The number of hydrogen-bond donors (Lipinski definition) is 2. The van der Waals surface area contributed by atoms with Gasteiger partial charge in [0.1, 0.15) is 11.7 Å². The molecule has 5 rings (SSSR count). The van der Waals surface area contributed by atoms with Gasteiger partial charge in [0.05, 0.1) is 5.52 Å². The summed E-state index contributed by atoms with van der Waals surface area (Å²) in [6.07, 6.45) is 4.15. The molecule has 0 radical (unpaired) electrons. The minimum Gasteiger partial charge on any atom is -0.468 e. The molecule has 3 heterocycles. The fraction of sp³-hybridized carbons (Fsp3) is 0.423. The molecule has 0 bridgehead atoms. The lowest BCUT2D eigenvalue weighted by molar-refractivity contribution is 0.214. The first-order valence-electron chi connectivity index (χ1n) is 12.4. The predicted octanol–water partition coefficient (Wildman–Crippen LogP) is 4.00. The van der Waals surface area contributed by atoms with Crippen molar-refractivity contribution >= 4 is 29.3 Å². The summed E-state index contributed by atoms with van der Waals surface area (Å²) in [5.74, 6) is 0.965. The molecule has 0 amide bonds. The van der Waals surface area contributed by atoms with Gasteiger partial charge in [-0.25, -0.2) is 18.8 Å². The molecule has 0 atom stereocenters. The van der Waals surface area contributed by atoms with Gasteiger partial charge < -0.3 is 24.8 Å². The first kappa shape index (κ1) is 24.9. The number of piperazine rings is 1. The fourth-order valence-electron chi connectivity index (χ4n) is 4.56. The van der Waals surface area contributed by atoms with E-state index in [-0.39, 0.29) is 23.4 Å². The molecule has 2 aromatic heterocycles. The molecule has 1 saturated carbocycles. The van der Waals surface area contributed by atoms with E-state index >= 15 is 0 Å². The highest BCUT2D eigenvalue weighted by atomic mass is 19.1. The van der Waals surface area contributed by atoms with Crippen LogP contribution < -0.4 is 10.1 Å². The Morgan fingerprint density at radius 3 is 2.68 bits per heavy atom. The van der Waals surface area contributed by atoms with Crippen molar-refractivity contribution in [3.63, 3.8) is 0 Å². The lowest BCUT2D eigenvalue weighted by Crippen LogP contribution is -2.47. The van der Waals surface area contributed by atoms with Crippen LogP contribution in [0.25, 0.3) is 10.9 Å². The molecule has 1 saturated heterocycles. The van der Waals surface area contributed by atoms with E-state index in [1.54, 1.807) is 19.1 Å². The minimum absolute atomic E-state index is 0.124. The van der Waals surface area contributed by atoms with E-state index < -0.39 is 11.6 Å². The van der Waals surface area contributed by atoms with Crippen LogP contribution in [0.3, 0.4) is 0 Å². The number of H-pyrrole nitrogens is 1. The Morgan fingerprint density at radius 2 is 1.97 bits per heavy atom. The minimum atomic E-state index is -0.621. The van der Waals surface area contributed by atoms with Crippen molar-refractivity contribution in [1.29, 1.82) is 0 Å². The summed E-state index contributed by atoms with van der Waals surface area (Å²) in [5.41, 5.74) is 1.98. The van der Waals surface area contributed by atoms with Crippen molar-refractivity contribution in [2.24, 2.45) is 17.0 Å². The second-order valence-corrected chi connectivity index (χ2v) is 9.66. The van der Waals surface area contributed by atoms with Gasteiger partial charge in [0, 0.05) is 74.1 Å². The Bertz CT molecular complexity index is 1360. The van der Waals surface area contributed by atoms with Crippen molar-refractivity contribution in [3.05, 3.63) is 53.1 Å². The first-order chi connectivity index (χ1) is 17.8. The molecular weight excluding hydrogens is 478 g/mol. The summed E-state index contributed by atoms with van der Waals surface area (Å²) in [6.45, 7) is 8.50. The number of ether oxygens (including phenoxy) is 1. The SMILES string of the molecule is C=N/C(=C\C(=N/COc1cc(F)c2[nH]c(C)cc2c1F)N1CCN(C)CC1)Nc1cc(C2CC2)n(C)n1. The predicted molar refractivity (Wildman–Crippen MR) is 141 cm³/mol. The molecule has 0 spiro atoms. The van der Waals surface area contributed by atoms with Gasteiger partial charge in [-0.3, -0.25) is 4.68 Å². The number of anilines is 1. The lowest BCUT2D eigenvalue weighted by atomic mass is 10.2. The second kappa shape index (κ2) is 10.3. The third-order valence-corrected chi connectivity index (χ3v) is 6.78. The number of aromatic nitrogens is 3. The lowest BCUT2D eigenvalue weighted by Gasteiger charge is -2.33. The Labute approximate surface area is 214 Å². The van der Waals surface area contributed by atoms with Crippen LogP contribution in [0.5, 0.6) is 5.75 Å². The smallest absolute Gasteiger partial charge is 0.181 e. The summed E-state index contributed by atoms with van der Waals surface area (Å²) >= 11 is 0. The van der Waals surface area contributed by atoms with Gasteiger partial charge in [0.2, 0.25) is 0 Å². The van der Waals surface area contributed by atoms with E-state index in [9.17, 15) is 8.78 Å². The highest BCUT2D eigenvalue weighted by Gasteiger charge is 2.27. The number of nitrogens with zero attached hydrogens (tertiary/aromatic N) is 6. The van der Waals surface area contributed by atoms with Crippen molar-refractivity contribution in [3.8, 4) is 5.75 Å². The number of aromatic amines is 1. The molecule has 2 N–H and O–H groups in total. The van der Waals surface area contributed by atoms with E-state index in [0.717, 1.165) is 32.2 Å². The highest BCUT2D eigenvalue weighted by molar-refractivity contribution is 5.94. The van der Waals surface area contributed by atoms with Gasteiger partial charge in [0.25, 0.3) is 0 Å². The third kappa shape index (κ3) is 5.51. The number of aryl methyl sites for hydroxylation is 2. The van der Waals surface area contributed by atoms with Crippen LogP contribution in [0.1, 0.15) is 30.1 Å². The molecule has 0 unspecified atom stereocenters. The van der Waals surface area contributed by atoms with Crippen LogP contribution in [0, 0.1) is 18.6 Å². The number of nitrogens with one attached hydrogen (secondary N) is 2. The topological polar surface area (TPSA) is 86.1 Å². The van der Waals surface area contributed by atoms with Crippen molar-refractivity contribution in [1.82, 2.24) is 24.6 Å². The van der Waals surface area contributed by atoms with E-state index in [1.165, 1.54) is 18.5 Å². The molecule has 1 aliphatic carbocycles. The number of aliphatic imine (C=N–C) groups is 2. The van der Waals surface area contributed by atoms with Gasteiger partial charge in [-0.05, 0) is 39.6 Å². The van der Waals surface area contributed by atoms with E-state index in [1.807, 2.05) is 17.8 Å². The zero-order valence-electron chi connectivity index (χ0n) is 21.4. The zero-order valence-corrected chi connectivity index (χ0v) is 21.4. The normalized spacial score (nSPS) is 17.5. The van der Waals surface area contributed by atoms with Gasteiger partial charge in [0.15, 0.2) is 29.9 Å². The molecule has 11 heteroatoms. The van der Waals surface area contributed by atoms with Crippen molar-refractivity contribution in [2.45, 2.75) is 25.7 Å². The van der Waals surface area contributed by atoms with Gasteiger partial charge in [-0.15, -0.1) is 0 Å². The first-order valence-corrected chi connectivity index (χ1v) is 12.4. The van der Waals surface area contributed by atoms with Crippen LogP contribution in [0.15, 0.2) is 40.1 Å². The van der Waals surface area contributed by atoms with Crippen molar-refractivity contribution in [2.75, 3.05) is 45.3 Å². The third-order valence-electron chi connectivity index (χ3n) is 6.78. The van der Waals surface area contributed by atoms with Crippen LogP contribution in [0.4, 0.5) is 14.6 Å². The average molecular weight is 511 g/mol. The summed E-state index contributed by atoms with van der Waals surface area (Å²) in [5, 5.41) is 7.93. The monoisotopic (exact) mass is 510 g/mol. The van der Waals surface area contributed by atoms with E-state index in [4.69, 9.17) is 4.74 Å². The van der Waals surface area contributed by atoms with Crippen LogP contribution in [0.2, 0.25) is 0 Å². The Morgan fingerprint density at radius 1 is 1.22 bits per heavy atom. The Kier molecular flexibility index (Phi) is 6.96. The Hall–Kier alpha value is -3.73. The summed E-state index contributed by atoms with van der Waals surface area (Å²) in [4.78, 5) is 15.9. The maximum Gasteiger partial charge on any atom is 0.181 e. The summed E-state index contributed by atoms with van der Waals surface area (Å²) < 4.78 is 36.9. The fourth-order valence-corrected chi connectivity index (χ4v) is 4.56. The number of halogens is 2. The number of benzene rings is 1. The van der Waals surface area contributed by atoms with Crippen LogP contribution in [-0.2, 0) is 7.05 Å². The summed E-state index contributed by atoms with van der Waals surface area (Å²) in [6, 6.07) is 4.64. The zero-order chi connectivity index (χ0) is 26.1. The van der Waals surface area contributed by atoms with E-state index in [0.29, 0.717) is 29.1 Å². The molecule has 1 aliphatic heterocycles. The molecule has 2 aliphatic rings. The van der Waals surface area contributed by atoms with Crippen LogP contribution >= 0.6 is 0 Å². The maximum atomic E-state index is 15.0. The van der Waals surface area contributed by atoms with Crippen molar-refractivity contribution < 1.29 is 13.5 Å². The summed E-state index contributed by atoms with van der Waals surface area (Å²) in [7, 11) is 4.01. The second-order valence-electron chi connectivity index (χ2n) is 9.66. The molecule has 9 nitrogen and oxygen atoms in total. The Balaban J connectivity index is 1.37. The number of hydrogen-bond acceptors (Lipinski definition) is 6. The number of likely N-dealkylation sites (N-methyl/N-ethyl adjacent to an activating group) is 1.